The molecule has 20 heavy (non-hydrogen) atoms. The number of hydrogen-bond donors (Lipinski definition) is 1. The van der Waals surface area contributed by atoms with E-state index in [4.69, 9.17) is 9.15 Å². The van der Waals surface area contributed by atoms with Crippen molar-refractivity contribution >= 4 is 0 Å². The van der Waals surface area contributed by atoms with E-state index in [-0.39, 0.29) is 6.04 Å². The number of hydrogen-bond acceptors (Lipinski definition) is 3. The highest BCUT2D eigenvalue weighted by atomic mass is 16.5. The molecule has 1 unspecified atom stereocenters. The van der Waals surface area contributed by atoms with Crippen LogP contribution >= 0.6 is 0 Å². The number of furan rings is 1. The second kappa shape index (κ2) is 6.14. The molecule has 0 bridgehead atoms. The van der Waals surface area contributed by atoms with Gasteiger partial charge in [-0.2, -0.15) is 0 Å². The van der Waals surface area contributed by atoms with Crippen molar-refractivity contribution in [3.8, 4) is 5.75 Å². The fourth-order valence-corrected chi connectivity index (χ4v) is 2.72. The van der Waals surface area contributed by atoms with Gasteiger partial charge in [-0.3, -0.25) is 0 Å². The lowest BCUT2D eigenvalue weighted by molar-refractivity contribution is 0.301. The van der Waals surface area contributed by atoms with Gasteiger partial charge >= 0.3 is 0 Å². The number of rotatable bonds is 6. The fraction of sp³-hybridized carbons (Fsp3) is 0.412. The Morgan fingerprint density at radius 1 is 1.25 bits per heavy atom. The second-order valence-electron chi connectivity index (χ2n) is 5.32. The Labute approximate surface area is 119 Å². The third kappa shape index (κ3) is 3.05. The summed E-state index contributed by atoms with van der Waals surface area (Å²) in [5.41, 5.74) is 2.95. The number of benzene rings is 1. The summed E-state index contributed by atoms with van der Waals surface area (Å²) in [6.07, 6.45) is 5.40. The summed E-state index contributed by atoms with van der Waals surface area (Å²) >= 11 is 0. The van der Waals surface area contributed by atoms with E-state index in [1.165, 1.54) is 30.4 Å². The molecule has 0 amide bonds. The van der Waals surface area contributed by atoms with Crippen molar-refractivity contribution in [2.24, 2.45) is 0 Å². The standard InChI is InChI=1S/C17H21NO2/c1-13(17-6-3-10-20-17)18-9-11-19-16-8-7-14-4-2-5-15(14)12-16/h3,6-8,10,12-13,18H,2,4-5,9,11H2,1H3. The second-order valence-corrected chi connectivity index (χ2v) is 5.32. The molecule has 3 heteroatoms. The average Bonchev–Trinajstić information content (AvgIpc) is 3.13. The molecule has 3 nitrogen and oxygen atoms in total. The van der Waals surface area contributed by atoms with Gasteiger partial charge < -0.3 is 14.5 Å². The molecule has 1 N–H and O–H groups in total. The van der Waals surface area contributed by atoms with E-state index in [0.717, 1.165) is 18.1 Å². The van der Waals surface area contributed by atoms with Crippen LogP contribution in [-0.4, -0.2) is 13.2 Å². The third-order valence-corrected chi connectivity index (χ3v) is 3.86. The average molecular weight is 271 g/mol. The number of ether oxygens (including phenoxy) is 1. The van der Waals surface area contributed by atoms with E-state index in [2.05, 4.69) is 30.4 Å². The first kappa shape index (κ1) is 13.3. The van der Waals surface area contributed by atoms with Crippen molar-refractivity contribution in [1.29, 1.82) is 0 Å². The van der Waals surface area contributed by atoms with Gasteiger partial charge in [0.2, 0.25) is 0 Å². The quantitative estimate of drug-likeness (QED) is 0.817. The number of fused-ring (bicyclic) bond motifs is 1. The van der Waals surface area contributed by atoms with E-state index >= 15 is 0 Å². The molecule has 1 heterocycles. The monoisotopic (exact) mass is 271 g/mol. The van der Waals surface area contributed by atoms with Crippen molar-refractivity contribution in [3.63, 3.8) is 0 Å². The molecule has 1 aliphatic carbocycles. The molecule has 2 aromatic rings. The van der Waals surface area contributed by atoms with Crippen LogP contribution in [0, 0.1) is 0 Å². The van der Waals surface area contributed by atoms with Gasteiger partial charge in [0.25, 0.3) is 0 Å². The Kier molecular flexibility index (Phi) is 4.07. The highest BCUT2D eigenvalue weighted by molar-refractivity contribution is 5.38. The molecule has 0 aliphatic heterocycles. The lowest BCUT2D eigenvalue weighted by atomic mass is 10.1. The Bertz CT molecular complexity index is 548. The van der Waals surface area contributed by atoms with Crippen LogP contribution in [0.25, 0.3) is 0 Å². The van der Waals surface area contributed by atoms with Crippen molar-refractivity contribution in [3.05, 3.63) is 53.5 Å². The van der Waals surface area contributed by atoms with Crippen LogP contribution in [0.15, 0.2) is 41.0 Å². The molecular formula is C17H21NO2. The first-order chi connectivity index (χ1) is 9.83. The van der Waals surface area contributed by atoms with Gasteiger partial charge in [0.05, 0.1) is 12.3 Å². The Hall–Kier alpha value is -1.74. The molecule has 0 saturated heterocycles. The minimum Gasteiger partial charge on any atom is -0.492 e. The predicted octanol–water partition coefficient (Wildman–Crippen LogP) is 3.50. The van der Waals surface area contributed by atoms with Crippen LogP contribution in [0.4, 0.5) is 0 Å². The SMILES string of the molecule is CC(NCCOc1ccc2c(c1)CCC2)c1ccco1. The normalized spacial score (nSPS) is 15.1. The van der Waals surface area contributed by atoms with Gasteiger partial charge in [-0.15, -0.1) is 0 Å². The third-order valence-electron chi connectivity index (χ3n) is 3.86. The Morgan fingerprint density at radius 2 is 2.15 bits per heavy atom. The Morgan fingerprint density at radius 3 is 3.00 bits per heavy atom. The van der Waals surface area contributed by atoms with E-state index in [9.17, 15) is 0 Å². The summed E-state index contributed by atoms with van der Waals surface area (Å²) in [4.78, 5) is 0. The zero-order valence-electron chi connectivity index (χ0n) is 11.9. The summed E-state index contributed by atoms with van der Waals surface area (Å²) in [5, 5.41) is 3.39. The van der Waals surface area contributed by atoms with Gasteiger partial charge in [0.1, 0.15) is 18.1 Å². The van der Waals surface area contributed by atoms with Crippen molar-refractivity contribution < 1.29 is 9.15 Å². The van der Waals surface area contributed by atoms with Crippen LogP contribution in [0.1, 0.15) is 36.3 Å². The number of nitrogens with one attached hydrogen (secondary N) is 1. The number of aryl methyl sites for hydroxylation is 2. The highest BCUT2D eigenvalue weighted by Gasteiger charge is 2.11. The molecule has 1 aliphatic rings. The molecule has 0 fully saturated rings. The van der Waals surface area contributed by atoms with E-state index in [1.54, 1.807) is 6.26 Å². The Balaban J connectivity index is 1.44. The first-order valence-electron chi connectivity index (χ1n) is 7.34. The maximum atomic E-state index is 5.81. The highest BCUT2D eigenvalue weighted by Crippen LogP contribution is 2.25. The van der Waals surface area contributed by atoms with E-state index in [1.807, 2.05) is 12.1 Å². The summed E-state index contributed by atoms with van der Waals surface area (Å²) < 4.78 is 11.2. The minimum absolute atomic E-state index is 0.216. The minimum atomic E-state index is 0.216. The van der Waals surface area contributed by atoms with Crippen molar-refractivity contribution in [1.82, 2.24) is 5.32 Å². The van der Waals surface area contributed by atoms with Crippen LogP contribution < -0.4 is 10.1 Å². The van der Waals surface area contributed by atoms with Gasteiger partial charge in [-0.25, -0.2) is 0 Å². The molecule has 1 atom stereocenters. The summed E-state index contributed by atoms with van der Waals surface area (Å²) in [5.74, 6) is 1.95. The lowest BCUT2D eigenvalue weighted by Gasteiger charge is -2.12. The summed E-state index contributed by atoms with van der Waals surface area (Å²) in [7, 11) is 0. The molecule has 3 rings (SSSR count). The smallest absolute Gasteiger partial charge is 0.120 e. The van der Waals surface area contributed by atoms with Gasteiger partial charge in [0, 0.05) is 6.54 Å². The fourth-order valence-electron chi connectivity index (χ4n) is 2.72. The summed E-state index contributed by atoms with van der Waals surface area (Å²) in [6, 6.07) is 10.6. The lowest BCUT2D eigenvalue weighted by Crippen LogP contribution is -2.24. The molecule has 106 valence electrons. The zero-order valence-corrected chi connectivity index (χ0v) is 11.9. The molecular weight excluding hydrogens is 250 g/mol. The van der Waals surface area contributed by atoms with Crippen LogP contribution in [-0.2, 0) is 12.8 Å². The topological polar surface area (TPSA) is 34.4 Å². The molecule has 1 aromatic carbocycles. The van der Waals surface area contributed by atoms with Gasteiger partial charge in [-0.1, -0.05) is 6.07 Å². The first-order valence-corrected chi connectivity index (χ1v) is 7.34. The molecule has 1 aromatic heterocycles. The maximum Gasteiger partial charge on any atom is 0.120 e. The van der Waals surface area contributed by atoms with Crippen LogP contribution in [0.2, 0.25) is 0 Å². The molecule has 0 saturated carbocycles. The van der Waals surface area contributed by atoms with Crippen molar-refractivity contribution in [2.45, 2.75) is 32.2 Å². The molecule has 0 spiro atoms. The predicted molar refractivity (Wildman–Crippen MR) is 79.1 cm³/mol. The van der Waals surface area contributed by atoms with Crippen LogP contribution in [0.5, 0.6) is 5.75 Å². The van der Waals surface area contributed by atoms with E-state index < -0.39 is 0 Å². The van der Waals surface area contributed by atoms with E-state index in [0.29, 0.717) is 6.61 Å². The van der Waals surface area contributed by atoms with Gasteiger partial charge in [-0.05, 0) is 61.6 Å². The largest absolute Gasteiger partial charge is 0.492 e. The molecule has 0 radical (unpaired) electrons. The maximum absolute atomic E-state index is 5.81. The van der Waals surface area contributed by atoms with Gasteiger partial charge in [0.15, 0.2) is 0 Å². The van der Waals surface area contributed by atoms with Crippen LogP contribution in [0.3, 0.4) is 0 Å². The zero-order chi connectivity index (χ0) is 13.8. The summed E-state index contributed by atoms with van der Waals surface area (Å²) in [6.45, 7) is 3.57. The van der Waals surface area contributed by atoms with Crippen molar-refractivity contribution in [2.75, 3.05) is 13.2 Å².